The molecule has 0 aliphatic rings. The Hall–Kier alpha value is -3.45. The normalized spacial score (nSPS) is 10.8. The number of aryl methyl sites for hydroxylation is 3. The maximum Gasteiger partial charge on any atom is 0.230 e. The summed E-state index contributed by atoms with van der Waals surface area (Å²) in [6.45, 7) is 6.37. The van der Waals surface area contributed by atoms with E-state index in [9.17, 15) is 4.79 Å². The molecule has 0 saturated heterocycles. The highest BCUT2D eigenvalue weighted by Gasteiger charge is 2.13. The molecule has 0 spiro atoms. The SMILES string of the molecule is Cc1ccc(OCc2nc(CC(=O)Nc3ccccc3-n3nc(C)cc3C)cs2)cc1. The zero-order valence-corrected chi connectivity index (χ0v) is 18.6. The number of carbonyl (C=O) groups is 1. The number of para-hydroxylation sites is 2. The van der Waals surface area contributed by atoms with Crippen LogP contribution in [0.15, 0.2) is 60.0 Å². The van der Waals surface area contributed by atoms with E-state index < -0.39 is 0 Å². The van der Waals surface area contributed by atoms with Crippen LogP contribution in [0.1, 0.15) is 27.7 Å². The molecule has 0 radical (unpaired) electrons. The highest BCUT2D eigenvalue weighted by molar-refractivity contribution is 7.09. The van der Waals surface area contributed by atoms with E-state index in [1.54, 1.807) is 0 Å². The Bertz CT molecular complexity index is 1190. The van der Waals surface area contributed by atoms with Gasteiger partial charge in [0.15, 0.2) is 0 Å². The number of ether oxygens (including phenoxy) is 1. The van der Waals surface area contributed by atoms with Crippen LogP contribution in [0.2, 0.25) is 0 Å². The molecule has 2 aromatic heterocycles. The number of aromatic nitrogens is 3. The molecule has 31 heavy (non-hydrogen) atoms. The third kappa shape index (κ3) is 5.19. The van der Waals surface area contributed by atoms with Crippen LogP contribution >= 0.6 is 11.3 Å². The predicted octanol–water partition coefficient (Wildman–Crippen LogP) is 5.01. The highest BCUT2D eigenvalue weighted by atomic mass is 32.1. The minimum absolute atomic E-state index is 0.120. The Labute approximate surface area is 185 Å². The van der Waals surface area contributed by atoms with Crippen molar-refractivity contribution in [3.8, 4) is 11.4 Å². The Morgan fingerprint density at radius 2 is 1.87 bits per heavy atom. The summed E-state index contributed by atoms with van der Waals surface area (Å²) in [6.07, 6.45) is 0.201. The van der Waals surface area contributed by atoms with Crippen molar-refractivity contribution in [1.29, 1.82) is 0 Å². The van der Waals surface area contributed by atoms with Crippen LogP contribution in [-0.4, -0.2) is 20.7 Å². The Morgan fingerprint density at radius 1 is 1.10 bits per heavy atom. The van der Waals surface area contributed by atoms with Crippen molar-refractivity contribution in [3.05, 3.63) is 87.6 Å². The molecule has 0 atom stereocenters. The second kappa shape index (κ2) is 9.14. The van der Waals surface area contributed by atoms with Gasteiger partial charge in [0, 0.05) is 11.1 Å². The van der Waals surface area contributed by atoms with Gasteiger partial charge in [-0.15, -0.1) is 11.3 Å². The first-order valence-electron chi connectivity index (χ1n) is 10.0. The molecular weight excluding hydrogens is 408 g/mol. The summed E-state index contributed by atoms with van der Waals surface area (Å²) in [5.74, 6) is 0.686. The van der Waals surface area contributed by atoms with E-state index in [1.165, 1.54) is 16.9 Å². The van der Waals surface area contributed by atoms with Crippen LogP contribution in [0.4, 0.5) is 5.69 Å². The first-order chi connectivity index (χ1) is 15.0. The maximum absolute atomic E-state index is 12.7. The van der Waals surface area contributed by atoms with Crippen LogP contribution in [0, 0.1) is 20.8 Å². The number of thiazole rings is 1. The average molecular weight is 433 g/mol. The van der Waals surface area contributed by atoms with Gasteiger partial charge in [-0.3, -0.25) is 4.79 Å². The van der Waals surface area contributed by atoms with E-state index in [0.717, 1.165) is 39.2 Å². The van der Waals surface area contributed by atoms with Gasteiger partial charge in [-0.05, 0) is 51.1 Å². The van der Waals surface area contributed by atoms with Gasteiger partial charge in [0.2, 0.25) is 5.91 Å². The topological polar surface area (TPSA) is 69.0 Å². The van der Waals surface area contributed by atoms with Gasteiger partial charge in [0.1, 0.15) is 17.4 Å². The molecule has 2 heterocycles. The van der Waals surface area contributed by atoms with Crippen molar-refractivity contribution in [2.45, 2.75) is 33.8 Å². The van der Waals surface area contributed by atoms with Gasteiger partial charge in [-0.1, -0.05) is 29.8 Å². The largest absolute Gasteiger partial charge is 0.486 e. The fourth-order valence-corrected chi connectivity index (χ4v) is 3.98. The van der Waals surface area contributed by atoms with E-state index in [4.69, 9.17) is 4.74 Å². The third-order valence-electron chi connectivity index (χ3n) is 4.74. The van der Waals surface area contributed by atoms with E-state index >= 15 is 0 Å². The molecule has 4 rings (SSSR count). The number of amides is 1. The molecule has 4 aromatic rings. The van der Waals surface area contributed by atoms with Crippen molar-refractivity contribution in [3.63, 3.8) is 0 Å². The number of nitrogens with zero attached hydrogens (tertiary/aromatic N) is 3. The third-order valence-corrected chi connectivity index (χ3v) is 5.61. The van der Waals surface area contributed by atoms with E-state index in [-0.39, 0.29) is 12.3 Å². The summed E-state index contributed by atoms with van der Waals surface area (Å²) in [5, 5.41) is 10.3. The molecule has 158 valence electrons. The summed E-state index contributed by atoms with van der Waals surface area (Å²) < 4.78 is 7.62. The first kappa shape index (κ1) is 20.8. The van der Waals surface area contributed by atoms with Gasteiger partial charge < -0.3 is 10.1 Å². The molecule has 1 amide bonds. The quantitative estimate of drug-likeness (QED) is 0.445. The van der Waals surface area contributed by atoms with Crippen molar-refractivity contribution < 1.29 is 9.53 Å². The molecule has 2 aromatic carbocycles. The second-order valence-corrected chi connectivity index (χ2v) is 8.36. The van der Waals surface area contributed by atoms with Gasteiger partial charge in [0.05, 0.1) is 29.2 Å². The summed E-state index contributed by atoms with van der Waals surface area (Å²) >= 11 is 1.49. The molecule has 7 heteroatoms. The zero-order chi connectivity index (χ0) is 21.8. The highest BCUT2D eigenvalue weighted by Crippen LogP contribution is 2.22. The van der Waals surface area contributed by atoms with Crippen LogP contribution in [-0.2, 0) is 17.8 Å². The number of hydrogen-bond donors (Lipinski definition) is 1. The van der Waals surface area contributed by atoms with E-state index in [2.05, 4.69) is 15.4 Å². The summed E-state index contributed by atoms with van der Waals surface area (Å²) in [5.41, 5.74) is 5.42. The maximum atomic E-state index is 12.7. The predicted molar refractivity (Wildman–Crippen MR) is 123 cm³/mol. The van der Waals surface area contributed by atoms with Crippen LogP contribution in [0.3, 0.4) is 0 Å². The Morgan fingerprint density at radius 3 is 2.61 bits per heavy atom. The lowest BCUT2D eigenvalue weighted by atomic mass is 10.2. The molecule has 1 N–H and O–H groups in total. The van der Waals surface area contributed by atoms with E-state index in [0.29, 0.717) is 6.61 Å². The molecule has 0 unspecified atom stereocenters. The Balaban J connectivity index is 1.39. The smallest absolute Gasteiger partial charge is 0.230 e. The monoisotopic (exact) mass is 432 g/mol. The van der Waals surface area contributed by atoms with Gasteiger partial charge in [0.25, 0.3) is 0 Å². The lowest BCUT2D eigenvalue weighted by Crippen LogP contribution is -2.16. The number of rotatable bonds is 7. The molecule has 0 aliphatic heterocycles. The second-order valence-electron chi connectivity index (χ2n) is 7.42. The molecule has 0 aliphatic carbocycles. The van der Waals surface area contributed by atoms with Crippen LogP contribution < -0.4 is 10.1 Å². The Kier molecular flexibility index (Phi) is 6.13. The first-order valence-corrected chi connectivity index (χ1v) is 10.9. The number of anilines is 1. The molecule has 0 saturated carbocycles. The number of benzene rings is 2. The molecule has 6 nitrogen and oxygen atoms in total. The van der Waals surface area contributed by atoms with Crippen molar-refractivity contribution in [1.82, 2.24) is 14.8 Å². The van der Waals surface area contributed by atoms with Crippen LogP contribution in [0.25, 0.3) is 5.69 Å². The molecular formula is C24H24N4O2S. The van der Waals surface area contributed by atoms with Crippen LogP contribution in [0.5, 0.6) is 5.75 Å². The molecule has 0 bridgehead atoms. The van der Waals surface area contributed by atoms with Gasteiger partial charge >= 0.3 is 0 Å². The lowest BCUT2D eigenvalue weighted by Gasteiger charge is -2.12. The standard InChI is InChI=1S/C24H24N4O2S/c1-16-8-10-20(11-9-16)30-14-24-25-19(15-31-24)13-23(29)26-21-6-4-5-7-22(21)28-18(3)12-17(2)27-28/h4-12,15H,13-14H2,1-3H3,(H,26,29). The number of carbonyl (C=O) groups excluding carboxylic acids is 1. The minimum Gasteiger partial charge on any atom is -0.486 e. The average Bonchev–Trinajstić information content (AvgIpc) is 3.33. The zero-order valence-electron chi connectivity index (χ0n) is 17.8. The van der Waals surface area contributed by atoms with Gasteiger partial charge in [-0.2, -0.15) is 5.10 Å². The lowest BCUT2D eigenvalue weighted by molar-refractivity contribution is -0.115. The van der Waals surface area contributed by atoms with Gasteiger partial charge in [-0.25, -0.2) is 9.67 Å². The molecule has 0 fully saturated rings. The number of nitrogens with one attached hydrogen (secondary N) is 1. The van der Waals surface area contributed by atoms with Crippen molar-refractivity contribution in [2.75, 3.05) is 5.32 Å². The van der Waals surface area contributed by atoms with Crippen molar-refractivity contribution in [2.24, 2.45) is 0 Å². The number of hydrogen-bond acceptors (Lipinski definition) is 5. The fraction of sp³-hybridized carbons (Fsp3) is 0.208. The summed E-state index contributed by atoms with van der Waals surface area (Å²) in [4.78, 5) is 17.2. The minimum atomic E-state index is -0.120. The summed E-state index contributed by atoms with van der Waals surface area (Å²) in [6, 6.07) is 17.6. The fourth-order valence-electron chi connectivity index (χ4n) is 3.27. The van der Waals surface area contributed by atoms with Crippen molar-refractivity contribution >= 4 is 22.9 Å². The van der Waals surface area contributed by atoms with E-state index in [1.807, 2.05) is 85.4 Å². The summed E-state index contributed by atoms with van der Waals surface area (Å²) in [7, 11) is 0.